The summed E-state index contributed by atoms with van der Waals surface area (Å²) in [7, 11) is 0. The number of carbonyl (C=O) groups excluding carboxylic acids is 1. The van der Waals surface area contributed by atoms with E-state index in [4.69, 9.17) is 0 Å². The molecule has 0 unspecified atom stereocenters. The second-order valence-corrected chi connectivity index (χ2v) is 6.98. The van der Waals surface area contributed by atoms with Crippen LogP contribution in [0.4, 0.5) is 4.39 Å². The van der Waals surface area contributed by atoms with Gasteiger partial charge in [0.2, 0.25) is 0 Å². The van der Waals surface area contributed by atoms with Crippen molar-refractivity contribution in [3.63, 3.8) is 0 Å². The molecule has 1 aliphatic carbocycles. The lowest BCUT2D eigenvalue weighted by Crippen LogP contribution is -1.96. The van der Waals surface area contributed by atoms with Crippen LogP contribution in [-0.2, 0) is 4.79 Å². The van der Waals surface area contributed by atoms with Crippen molar-refractivity contribution >= 4 is 35.4 Å². The summed E-state index contributed by atoms with van der Waals surface area (Å²) < 4.78 is 14.1. The third-order valence-electron chi connectivity index (χ3n) is 3.22. The fourth-order valence-corrected chi connectivity index (χ4v) is 4.87. The average molecular weight is 292 g/mol. The van der Waals surface area contributed by atoms with Gasteiger partial charge < -0.3 is 0 Å². The number of allylic oxidation sites excluding steroid dienone is 2. The number of carbonyl (C=O) groups is 1. The highest BCUT2D eigenvalue weighted by Gasteiger charge is 2.28. The van der Waals surface area contributed by atoms with Gasteiger partial charge in [-0.2, -0.15) is 0 Å². The van der Waals surface area contributed by atoms with Crippen molar-refractivity contribution in [2.45, 2.75) is 12.8 Å². The molecule has 1 aliphatic heterocycles. The maximum atomic E-state index is 12.8. The Hall–Kier alpha value is -1.00. The van der Waals surface area contributed by atoms with Crippen LogP contribution in [0.2, 0.25) is 0 Å². The maximum Gasteiger partial charge on any atom is 0.186 e. The molecule has 19 heavy (non-hydrogen) atoms. The Morgan fingerprint density at radius 1 is 1.05 bits per heavy atom. The minimum absolute atomic E-state index is 0.182. The first-order valence-electron chi connectivity index (χ1n) is 6.23. The minimum Gasteiger partial charge on any atom is -0.289 e. The van der Waals surface area contributed by atoms with Gasteiger partial charge >= 0.3 is 0 Å². The zero-order chi connectivity index (χ0) is 13.2. The smallest absolute Gasteiger partial charge is 0.186 e. The summed E-state index contributed by atoms with van der Waals surface area (Å²) >= 11 is 3.60. The molecule has 1 nitrogen and oxygen atoms in total. The molecule has 0 amide bonds. The molecular weight excluding hydrogens is 279 g/mol. The van der Waals surface area contributed by atoms with Crippen molar-refractivity contribution in [2.75, 3.05) is 11.5 Å². The molecule has 1 saturated carbocycles. The zero-order valence-corrected chi connectivity index (χ0v) is 12.0. The molecule has 0 atom stereocenters. The highest BCUT2D eigenvalue weighted by molar-refractivity contribution is 8.25. The number of hydrogen-bond acceptors (Lipinski definition) is 3. The molecule has 1 aromatic rings. The van der Waals surface area contributed by atoms with E-state index in [9.17, 15) is 9.18 Å². The second kappa shape index (κ2) is 5.55. The number of rotatable bonds is 1. The summed E-state index contributed by atoms with van der Waals surface area (Å²) in [6.45, 7) is 0. The van der Waals surface area contributed by atoms with Gasteiger partial charge in [0.15, 0.2) is 5.78 Å². The molecule has 1 saturated heterocycles. The van der Waals surface area contributed by atoms with Gasteiger partial charge in [-0.3, -0.25) is 4.79 Å². The molecular formula is C15H13FOS2. The van der Waals surface area contributed by atoms with Crippen LogP contribution in [0.3, 0.4) is 0 Å². The third-order valence-corrected chi connectivity index (χ3v) is 6.02. The van der Waals surface area contributed by atoms with Gasteiger partial charge in [-0.1, -0.05) is 12.1 Å². The molecule has 2 aliphatic rings. The molecule has 3 rings (SSSR count). The van der Waals surface area contributed by atoms with Crippen molar-refractivity contribution in [1.29, 1.82) is 0 Å². The fraction of sp³-hybridized carbons (Fsp3) is 0.267. The third kappa shape index (κ3) is 2.79. The van der Waals surface area contributed by atoms with Gasteiger partial charge in [0.05, 0.1) is 0 Å². The van der Waals surface area contributed by atoms with Crippen LogP contribution in [0, 0.1) is 5.82 Å². The number of halogens is 1. The van der Waals surface area contributed by atoms with Gasteiger partial charge in [-0.25, -0.2) is 4.39 Å². The van der Waals surface area contributed by atoms with Crippen LogP contribution in [0.5, 0.6) is 0 Å². The average Bonchev–Trinajstić information content (AvgIpc) is 3.03. The van der Waals surface area contributed by atoms with Crippen molar-refractivity contribution in [3.8, 4) is 0 Å². The number of Topliss-reactive ketones (excluding diaryl/α,β-unsaturated/α-hetero) is 1. The topological polar surface area (TPSA) is 17.1 Å². The Kier molecular flexibility index (Phi) is 3.80. The van der Waals surface area contributed by atoms with Crippen LogP contribution in [0.25, 0.3) is 6.08 Å². The Labute approximate surface area is 120 Å². The van der Waals surface area contributed by atoms with E-state index in [2.05, 4.69) is 0 Å². The molecule has 0 radical (unpaired) electrons. The molecule has 0 bridgehead atoms. The molecule has 0 aromatic heterocycles. The van der Waals surface area contributed by atoms with E-state index in [1.54, 1.807) is 35.7 Å². The highest BCUT2D eigenvalue weighted by atomic mass is 32.2. The molecule has 4 heteroatoms. The minimum atomic E-state index is -0.249. The van der Waals surface area contributed by atoms with Crippen molar-refractivity contribution < 1.29 is 9.18 Å². The summed E-state index contributed by atoms with van der Waals surface area (Å²) in [5.74, 6) is 2.14. The molecule has 0 spiro atoms. The van der Waals surface area contributed by atoms with Crippen LogP contribution < -0.4 is 0 Å². The lowest BCUT2D eigenvalue weighted by atomic mass is 10.1. The van der Waals surface area contributed by atoms with Crippen LogP contribution in [0.15, 0.2) is 39.6 Å². The van der Waals surface area contributed by atoms with Crippen molar-refractivity contribution in [1.82, 2.24) is 0 Å². The molecule has 2 fully saturated rings. The van der Waals surface area contributed by atoms with E-state index in [-0.39, 0.29) is 11.6 Å². The standard InChI is InChI=1S/C15H13FOS2/c16-12-4-1-10(2-5-12)9-11-3-6-13(14(11)17)15-18-7-8-19-15/h1-2,4-5,9H,3,6-8H2/b11-9-. The van der Waals surface area contributed by atoms with E-state index in [1.165, 1.54) is 16.4 Å². The predicted octanol–water partition coefficient (Wildman–Crippen LogP) is 4.26. The summed E-state index contributed by atoms with van der Waals surface area (Å²) in [4.78, 5) is 12.3. The second-order valence-electron chi connectivity index (χ2n) is 4.51. The van der Waals surface area contributed by atoms with E-state index in [0.717, 1.165) is 41.1 Å². The Balaban J connectivity index is 1.85. The first-order chi connectivity index (χ1) is 9.24. The Morgan fingerprint density at radius 2 is 1.74 bits per heavy atom. The fourth-order valence-electron chi connectivity index (χ4n) is 2.26. The van der Waals surface area contributed by atoms with E-state index in [0.29, 0.717) is 0 Å². The number of hydrogen-bond donors (Lipinski definition) is 0. The van der Waals surface area contributed by atoms with Crippen molar-refractivity contribution in [2.24, 2.45) is 0 Å². The van der Waals surface area contributed by atoms with Crippen LogP contribution >= 0.6 is 23.5 Å². The van der Waals surface area contributed by atoms with Gasteiger partial charge in [-0.15, -0.1) is 23.5 Å². The van der Waals surface area contributed by atoms with Crippen molar-refractivity contribution in [3.05, 3.63) is 51.0 Å². The maximum absolute atomic E-state index is 12.8. The first kappa shape index (κ1) is 13.0. The van der Waals surface area contributed by atoms with E-state index < -0.39 is 0 Å². The SMILES string of the molecule is O=C1C(=C2SCCS2)CC/C1=C/c1ccc(F)cc1. The largest absolute Gasteiger partial charge is 0.289 e. The Bertz CT molecular complexity index is 564. The lowest BCUT2D eigenvalue weighted by Gasteiger charge is -1.99. The predicted molar refractivity (Wildman–Crippen MR) is 80.6 cm³/mol. The van der Waals surface area contributed by atoms with Gasteiger partial charge in [-0.05, 0) is 36.6 Å². The van der Waals surface area contributed by atoms with Gasteiger partial charge in [0, 0.05) is 26.9 Å². The summed E-state index contributed by atoms with van der Waals surface area (Å²) in [5, 5.41) is 0. The Morgan fingerprint density at radius 3 is 2.42 bits per heavy atom. The first-order valence-corrected chi connectivity index (χ1v) is 8.21. The molecule has 0 N–H and O–H groups in total. The van der Waals surface area contributed by atoms with Crippen LogP contribution in [-0.4, -0.2) is 17.3 Å². The number of thioether (sulfide) groups is 2. The highest BCUT2D eigenvalue weighted by Crippen LogP contribution is 2.43. The molecule has 1 aromatic carbocycles. The summed E-state index contributed by atoms with van der Waals surface area (Å²) in [6.07, 6.45) is 3.54. The number of ketones is 1. The summed E-state index contributed by atoms with van der Waals surface area (Å²) in [6, 6.07) is 6.27. The summed E-state index contributed by atoms with van der Waals surface area (Å²) in [5.41, 5.74) is 2.73. The van der Waals surface area contributed by atoms with E-state index >= 15 is 0 Å². The van der Waals surface area contributed by atoms with E-state index in [1.807, 2.05) is 6.08 Å². The van der Waals surface area contributed by atoms with Gasteiger partial charge in [0.1, 0.15) is 5.82 Å². The van der Waals surface area contributed by atoms with Crippen LogP contribution in [0.1, 0.15) is 18.4 Å². The monoisotopic (exact) mass is 292 g/mol. The normalized spacial score (nSPS) is 21.7. The lowest BCUT2D eigenvalue weighted by molar-refractivity contribution is -0.111. The zero-order valence-electron chi connectivity index (χ0n) is 10.3. The van der Waals surface area contributed by atoms with Gasteiger partial charge in [0.25, 0.3) is 0 Å². The number of benzene rings is 1. The molecule has 98 valence electrons. The quantitative estimate of drug-likeness (QED) is 0.720. The molecule has 1 heterocycles.